The average molecular weight is 277 g/mol. The molecule has 0 aliphatic heterocycles. The molecule has 3 N–H and O–H groups in total. The molecule has 2 aromatic rings. The summed E-state index contributed by atoms with van der Waals surface area (Å²) in [6, 6.07) is 3.26. The number of nitrogens with one attached hydrogen (secondary N) is 2. The molecule has 106 valence electrons. The van der Waals surface area contributed by atoms with Crippen LogP contribution in [0.3, 0.4) is 0 Å². The van der Waals surface area contributed by atoms with Gasteiger partial charge in [0, 0.05) is 11.3 Å². The lowest BCUT2D eigenvalue weighted by Crippen LogP contribution is -2.22. The predicted molar refractivity (Wildman–Crippen MR) is 69.5 cm³/mol. The Morgan fingerprint density at radius 2 is 2.20 bits per heavy atom. The molecule has 0 radical (unpaired) electrons. The van der Waals surface area contributed by atoms with Crippen molar-refractivity contribution in [3.8, 4) is 0 Å². The number of aryl methyl sites for hydroxylation is 2. The molecule has 0 saturated heterocycles. The second-order valence-electron chi connectivity index (χ2n) is 4.34. The summed E-state index contributed by atoms with van der Waals surface area (Å²) in [6.07, 6.45) is 0.764. The Bertz CT molecular complexity index is 642. The summed E-state index contributed by atoms with van der Waals surface area (Å²) in [5, 5.41) is 18.1. The minimum atomic E-state index is -1.13. The number of carboxylic acids is 1. The number of carbonyl (C=O) groups is 2. The first-order valence-corrected chi connectivity index (χ1v) is 6.16. The second-order valence-corrected chi connectivity index (χ2v) is 4.34. The molecule has 0 aromatic carbocycles. The molecule has 2 rings (SSSR count). The zero-order valence-electron chi connectivity index (χ0n) is 11.2. The van der Waals surface area contributed by atoms with Gasteiger partial charge in [0.1, 0.15) is 11.5 Å². The van der Waals surface area contributed by atoms with E-state index in [0.717, 1.165) is 12.1 Å². The number of rotatable bonds is 5. The van der Waals surface area contributed by atoms with Crippen molar-refractivity contribution in [2.45, 2.75) is 26.8 Å². The van der Waals surface area contributed by atoms with Gasteiger partial charge >= 0.3 is 5.97 Å². The molecule has 2 aromatic heterocycles. The Hall–Kier alpha value is -2.57. The van der Waals surface area contributed by atoms with Crippen molar-refractivity contribution in [2.24, 2.45) is 0 Å². The van der Waals surface area contributed by atoms with Gasteiger partial charge in [-0.3, -0.25) is 9.89 Å². The highest BCUT2D eigenvalue weighted by molar-refractivity contribution is 5.92. The molecule has 2 heterocycles. The number of hydrogen-bond donors (Lipinski definition) is 3. The van der Waals surface area contributed by atoms with Crippen molar-refractivity contribution in [3.63, 3.8) is 0 Å². The summed E-state index contributed by atoms with van der Waals surface area (Å²) in [5.41, 5.74) is 1.69. The van der Waals surface area contributed by atoms with E-state index in [1.165, 1.54) is 0 Å². The molecule has 0 aliphatic rings. The second kappa shape index (κ2) is 5.60. The van der Waals surface area contributed by atoms with E-state index in [1.54, 1.807) is 19.1 Å². The van der Waals surface area contributed by atoms with Gasteiger partial charge in [0.2, 0.25) is 5.76 Å². The molecule has 0 spiro atoms. The van der Waals surface area contributed by atoms with Crippen LogP contribution in [0.2, 0.25) is 0 Å². The lowest BCUT2D eigenvalue weighted by molar-refractivity contribution is 0.0659. The molecule has 7 heteroatoms. The van der Waals surface area contributed by atoms with Crippen LogP contribution >= 0.6 is 0 Å². The van der Waals surface area contributed by atoms with Crippen LogP contribution in [0.1, 0.15) is 45.0 Å². The third-order valence-corrected chi connectivity index (χ3v) is 2.83. The monoisotopic (exact) mass is 277 g/mol. The van der Waals surface area contributed by atoms with Gasteiger partial charge in [0.25, 0.3) is 5.91 Å². The smallest absolute Gasteiger partial charge is 0.372 e. The molecule has 0 bridgehead atoms. The Morgan fingerprint density at radius 1 is 1.45 bits per heavy atom. The minimum absolute atomic E-state index is 0.109. The average Bonchev–Trinajstić information content (AvgIpc) is 3.02. The molecular weight excluding hydrogens is 262 g/mol. The van der Waals surface area contributed by atoms with Crippen LogP contribution in [0.15, 0.2) is 16.5 Å². The van der Waals surface area contributed by atoms with Crippen molar-refractivity contribution in [1.82, 2.24) is 15.5 Å². The number of hydrogen-bond acceptors (Lipinski definition) is 4. The molecule has 7 nitrogen and oxygen atoms in total. The topological polar surface area (TPSA) is 108 Å². The predicted octanol–water partition coefficient (Wildman–Crippen LogP) is 1.50. The first-order chi connectivity index (χ1) is 9.51. The fourth-order valence-electron chi connectivity index (χ4n) is 1.76. The zero-order valence-corrected chi connectivity index (χ0v) is 11.2. The summed E-state index contributed by atoms with van der Waals surface area (Å²) >= 11 is 0. The van der Waals surface area contributed by atoms with Gasteiger partial charge in [0.15, 0.2) is 0 Å². The Labute approximate surface area is 115 Å². The highest BCUT2D eigenvalue weighted by Crippen LogP contribution is 2.14. The van der Waals surface area contributed by atoms with Crippen molar-refractivity contribution < 1.29 is 19.1 Å². The fourth-order valence-corrected chi connectivity index (χ4v) is 1.76. The lowest BCUT2D eigenvalue weighted by atomic mass is 10.2. The number of carbonyl (C=O) groups excluding carboxylic acids is 1. The van der Waals surface area contributed by atoms with E-state index in [-0.39, 0.29) is 18.2 Å². The maximum atomic E-state index is 11.8. The van der Waals surface area contributed by atoms with Gasteiger partial charge in [-0.05, 0) is 25.5 Å². The van der Waals surface area contributed by atoms with Crippen molar-refractivity contribution in [3.05, 3.63) is 40.6 Å². The number of aromatic carboxylic acids is 1. The van der Waals surface area contributed by atoms with Crippen molar-refractivity contribution in [2.75, 3.05) is 0 Å². The number of carboxylic acid groups (broad SMARTS) is 1. The molecule has 0 unspecified atom stereocenters. The van der Waals surface area contributed by atoms with Crippen LogP contribution < -0.4 is 5.32 Å². The molecule has 0 aliphatic carbocycles. The Morgan fingerprint density at radius 3 is 2.75 bits per heavy atom. The third-order valence-electron chi connectivity index (χ3n) is 2.83. The number of aromatic nitrogens is 2. The number of amides is 1. The highest BCUT2D eigenvalue weighted by Gasteiger charge is 2.15. The Balaban J connectivity index is 1.99. The van der Waals surface area contributed by atoms with Crippen molar-refractivity contribution in [1.29, 1.82) is 0 Å². The van der Waals surface area contributed by atoms with Gasteiger partial charge in [-0.15, -0.1) is 0 Å². The van der Waals surface area contributed by atoms with E-state index in [2.05, 4.69) is 15.5 Å². The summed E-state index contributed by atoms with van der Waals surface area (Å²) in [6.45, 7) is 3.70. The minimum Gasteiger partial charge on any atom is -0.475 e. The molecular formula is C13H15N3O4. The van der Waals surface area contributed by atoms with Crippen LogP contribution in [0.5, 0.6) is 0 Å². The molecule has 1 amide bonds. The van der Waals surface area contributed by atoms with E-state index >= 15 is 0 Å². The van der Waals surface area contributed by atoms with Gasteiger partial charge in [-0.25, -0.2) is 4.79 Å². The largest absolute Gasteiger partial charge is 0.475 e. The Kier molecular flexibility index (Phi) is 3.88. The van der Waals surface area contributed by atoms with Crippen molar-refractivity contribution >= 4 is 11.9 Å². The van der Waals surface area contributed by atoms with Gasteiger partial charge < -0.3 is 14.8 Å². The SMILES string of the molecule is CCc1cc(C(=O)NCc2cc(C)c(C(=O)O)o2)n[nH]1. The standard InChI is InChI=1S/C13H15N3O4/c1-3-8-5-10(16-15-8)12(17)14-6-9-4-7(2)11(20-9)13(18)19/h4-5H,3,6H2,1-2H3,(H,14,17)(H,15,16)(H,18,19). The van der Waals surface area contributed by atoms with Crippen LogP contribution in [0.25, 0.3) is 0 Å². The molecule has 20 heavy (non-hydrogen) atoms. The zero-order chi connectivity index (χ0) is 14.7. The van der Waals surface area contributed by atoms with E-state index < -0.39 is 5.97 Å². The highest BCUT2D eigenvalue weighted by atomic mass is 16.4. The normalized spacial score (nSPS) is 10.5. The quantitative estimate of drug-likeness (QED) is 0.767. The number of aromatic amines is 1. The molecule has 0 fully saturated rings. The number of nitrogens with zero attached hydrogens (tertiary/aromatic N) is 1. The van der Waals surface area contributed by atoms with Crippen LogP contribution in [-0.2, 0) is 13.0 Å². The maximum absolute atomic E-state index is 11.8. The molecule has 0 atom stereocenters. The third kappa shape index (κ3) is 2.87. The first kappa shape index (κ1) is 13.9. The molecule has 0 saturated carbocycles. The van der Waals surface area contributed by atoms with E-state index in [4.69, 9.17) is 9.52 Å². The summed E-state index contributed by atoms with van der Waals surface area (Å²) < 4.78 is 5.15. The summed E-state index contributed by atoms with van der Waals surface area (Å²) in [4.78, 5) is 22.7. The summed E-state index contributed by atoms with van der Waals surface area (Å²) in [7, 11) is 0. The van der Waals surface area contributed by atoms with Gasteiger partial charge in [0.05, 0.1) is 6.54 Å². The van der Waals surface area contributed by atoms with E-state index in [1.807, 2.05) is 6.92 Å². The lowest BCUT2D eigenvalue weighted by Gasteiger charge is -1.99. The van der Waals surface area contributed by atoms with Gasteiger partial charge in [-0.2, -0.15) is 5.10 Å². The fraction of sp³-hybridized carbons (Fsp3) is 0.308. The van der Waals surface area contributed by atoms with E-state index in [9.17, 15) is 9.59 Å². The number of H-pyrrole nitrogens is 1. The number of furan rings is 1. The van der Waals surface area contributed by atoms with Crippen LogP contribution in [-0.4, -0.2) is 27.2 Å². The maximum Gasteiger partial charge on any atom is 0.372 e. The van der Waals surface area contributed by atoms with Gasteiger partial charge in [-0.1, -0.05) is 6.92 Å². The van der Waals surface area contributed by atoms with E-state index in [0.29, 0.717) is 17.0 Å². The van der Waals surface area contributed by atoms with Crippen LogP contribution in [0.4, 0.5) is 0 Å². The summed E-state index contributed by atoms with van der Waals surface area (Å²) in [5.74, 6) is -1.19. The first-order valence-electron chi connectivity index (χ1n) is 6.16. The van der Waals surface area contributed by atoms with Crippen LogP contribution in [0, 0.1) is 6.92 Å².